The van der Waals surface area contributed by atoms with Gasteiger partial charge in [-0.2, -0.15) is 0 Å². The number of amides is 1. The van der Waals surface area contributed by atoms with Crippen molar-refractivity contribution in [2.45, 2.75) is 64.7 Å². The Labute approximate surface area is 160 Å². The van der Waals surface area contributed by atoms with Gasteiger partial charge < -0.3 is 24.3 Å². The first-order chi connectivity index (χ1) is 12.8. The van der Waals surface area contributed by atoms with Crippen molar-refractivity contribution in [3.05, 3.63) is 0 Å². The molecule has 0 aromatic rings. The summed E-state index contributed by atoms with van der Waals surface area (Å²) in [7, 11) is 1.66. The minimum Gasteiger partial charge on any atom is -0.382 e. The predicted molar refractivity (Wildman–Crippen MR) is 105 cm³/mol. The summed E-state index contributed by atoms with van der Waals surface area (Å²) in [6.07, 6.45) is 11.2. The molecule has 0 aliphatic rings. The molecule has 0 rings (SSSR count). The Kier molecular flexibility index (Phi) is 21.8. The van der Waals surface area contributed by atoms with Gasteiger partial charge in [0.15, 0.2) is 0 Å². The molecule has 0 bridgehead atoms. The standard InChI is InChI=1S/C20H41NO5/c1-20(22)21-12-10-8-6-4-3-5-7-9-11-13-24-16-17-26-19-18-25-15-14-23-2/h3-19H2,1-2H3,(H,21,22). The van der Waals surface area contributed by atoms with Gasteiger partial charge in [-0.1, -0.05) is 44.9 Å². The molecule has 0 heterocycles. The zero-order valence-corrected chi connectivity index (χ0v) is 17.1. The van der Waals surface area contributed by atoms with Crippen LogP contribution >= 0.6 is 0 Å². The maximum absolute atomic E-state index is 10.7. The summed E-state index contributed by atoms with van der Waals surface area (Å²) in [6.45, 7) is 6.99. The van der Waals surface area contributed by atoms with E-state index in [2.05, 4.69) is 5.32 Å². The van der Waals surface area contributed by atoms with Crippen LogP contribution in [0.5, 0.6) is 0 Å². The number of nitrogens with one attached hydrogen (secondary N) is 1. The zero-order valence-electron chi connectivity index (χ0n) is 17.1. The number of carbonyl (C=O) groups is 1. The van der Waals surface area contributed by atoms with Gasteiger partial charge in [-0.05, 0) is 12.8 Å². The lowest BCUT2D eigenvalue weighted by molar-refractivity contribution is -0.118. The molecular formula is C20H41NO5. The summed E-state index contributed by atoms with van der Waals surface area (Å²) in [5.41, 5.74) is 0. The molecule has 6 heteroatoms. The lowest BCUT2D eigenvalue weighted by Crippen LogP contribution is -2.20. The molecule has 1 N–H and O–H groups in total. The van der Waals surface area contributed by atoms with E-state index in [9.17, 15) is 4.79 Å². The second-order valence-electron chi connectivity index (χ2n) is 6.49. The molecule has 156 valence electrons. The molecule has 1 amide bonds. The van der Waals surface area contributed by atoms with E-state index >= 15 is 0 Å². The molecule has 0 aromatic heterocycles. The minimum absolute atomic E-state index is 0.0739. The zero-order chi connectivity index (χ0) is 19.1. The Morgan fingerprint density at radius 1 is 0.615 bits per heavy atom. The van der Waals surface area contributed by atoms with Crippen molar-refractivity contribution >= 4 is 5.91 Å². The van der Waals surface area contributed by atoms with Crippen molar-refractivity contribution in [3.8, 4) is 0 Å². The molecule has 0 aromatic carbocycles. The van der Waals surface area contributed by atoms with E-state index in [4.69, 9.17) is 18.9 Å². The third-order valence-electron chi connectivity index (χ3n) is 4.02. The van der Waals surface area contributed by atoms with Crippen molar-refractivity contribution in [1.82, 2.24) is 5.32 Å². The van der Waals surface area contributed by atoms with Crippen LogP contribution in [0.25, 0.3) is 0 Å². The molecule has 0 atom stereocenters. The van der Waals surface area contributed by atoms with Gasteiger partial charge in [0, 0.05) is 27.2 Å². The molecule has 0 aliphatic heterocycles. The van der Waals surface area contributed by atoms with Gasteiger partial charge in [0.1, 0.15) is 0 Å². The van der Waals surface area contributed by atoms with Gasteiger partial charge in [-0.3, -0.25) is 4.79 Å². The number of unbranched alkanes of at least 4 members (excludes halogenated alkanes) is 8. The van der Waals surface area contributed by atoms with E-state index in [1.54, 1.807) is 14.0 Å². The molecule has 0 aliphatic carbocycles. The SMILES string of the molecule is COCCOCCOCCOCCCCCCCCCCCNC(C)=O. The molecule has 0 saturated heterocycles. The first-order valence-corrected chi connectivity index (χ1v) is 10.2. The van der Waals surface area contributed by atoms with Gasteiger partial charge in [0.25, 0.3) is 0 Å². The summed E-state index contributed by atoms with van der Waals surface area (Å²) < 4.78 is 21.2. The normalized spacial score (nSPS) is 11.0. The van der Waals surface area contributed by atoms with Crippen LogP contribution in [-0.2, 0) is 23.7 Å². The molecular weight excluding hydrogens is 334 g/mol. The Morgan fingerprint density at radius 3 is 1.54 bits per heavy atom. The Hall–Kier alpha value is -0.690. The van der Waals surface area contributed by atoms with Crippen molar-refractivity contribution in [1.29, 1.82) is 0 Å². The van der Waals surface area contributed by atoms with Gasteiger partial charge in [0.2, 0.25) is 5.91 Å². The van der Waals surface area contributed by atoms with Crippen LogP contribution in [0.15, 0.2) is 0 Å². The third kappa shape index (κ3) is 23.3. The van der Waals surface area contributed by atoms with Crippen LogP contribution in [0.3, 0.4) is 0 Å². The number of hydrogen-bond acceptors (Lipinski definition) is 5. The van der Waals surface area contributed by atoms with Crippen LogP contribution in [0.4, 0.5) is 0 Å². The van der Waals surface area contributed by atoms with Crippen molar-refractivity contribution < 1.29 is 23.7 Å². The summed E-state index contributed by atoms with van der Waals surface area (Å²) in [4.78, 5) is 10.7. The quantitative estimate of drug-likeness (QED) is 0.312. The van der Waals surface area contributed by atoms with Crippen molar-refractivity contribution in [3.63, 3.8) is 0 Å². The Morgan fingerprint density at radius 2 is 1.04 bits per heavy atom. The summed E-state index contributed by atoms with van der Waals surface area (Å²) in [5, 5.41) is 2.84. The predicted octanol–water partition coefficient (Wildman–Crippen LogP) is 3.33. The smallest absolute Gasteiger partial charge is 0.216 e. The number of rotatable bonds is 21. The maximum atomic E-state index is 10.7. The third-order valence-corrected chi connectivity index (χ3v) is 4.02. The van der Waals surface area contributed by atoms with E-state index < -0.39 is 0 Å². The van der Waals surface area contributed by atoms with E-state index in [0.717, 1.165) is 26.0 Å². The molecule has 0 unspecified atom stereocenters. The Bertz CT molecular complexity index is 289. The van der Waals surface area contributed by atoms with E-state index in [-0.39, 0.29) is 5.91 Å². The highest BCUT2D eigenvalue weighted by atomic mass is 16.6. The monoisotopic (exact) mass is 375 g/mol. The van der Waals surface area contributed by atoms with Gasteiger partial charge in [0.05, 0.1) is 39.6 Å². The number of ether oxygens (including phenoxy) is 4. The van der Waals surface area contributed by atoms with Crippen LogP contribution in [0.1, 0.15) is 64.7 Å². The van der Waals surface area contributed by atoms with Gasteiger partial charge >= 0.3 is 0 Å². The first kappa shape index (κ1) is 25.3. The Balaban J connectivity index is 2.98. The second-order valence-corrected chi connectivity index (χ2v) is 6.49. The average Bonchev–Trinajstić information content (AvgIpc) is 2.62. The van der Waals surface area contributed by atoms with Gasteiger partial charge in [-0.15, -0.1) is 0 Å². The highest BCUT2D eigenvalue weighted by Crippen LogP contribution is 2.09. The van der Waals surface area contributed by atoms with Crippen LogP contribution in [0.2, 0.25) is 0 Å². The molecule has 0 spiro atoms. The fraction of sp³-hybridized carbons (Fsp3) is 0.950. The maximum Gasteiger partial charge on any atom is 0.216 e. The van der Waals surface area contributed by atoms with Crippen LogP contribution in [-0.4, -0.2) is 65.8 Å². The minimum atomic E-state index is 0.0739. The molecule has 0 saturated carbocycles. The highest BCUT2D eigenvalue weighted by Gasteiger charge is 1.95. The van der Waals surface area contributed by atoms with Crippen LogP contribution < -0.4 is 5.32 Å². The molecule has 26 heavy (non-hydrogen) atoms. The van der Waals surface area contributed by atoms with E-state index in [1.165, 1.54) is 44.9 Å². The summed E-state index contributed by atoms with van der Waals surface area (Å²) in [5.74, 6) is 0.0739. The molecule has 6 nitrogen and oxygen atoms in total. The lowest BCUT2D eigenvalue weighted by atomic mass is 10.1. The fourth-order valence-electron chi connectivity index (χ4n) is 2.52. The van der Waals surface area contributed by atoms with Gasteiger partial charge in [-0.25, -0.2) is 0 Å². The first-order valence-electron chi connectivity index (χ1n) is 10.2. The number of carbonyl (C=O) groups excluding carboxylic acids is 1. The topological polar surface area (TPSA) is 66.0 Å². The second kappa shape index (κ2) is 22.4. The largest absolute Gasteiger partial charge is 0.382 e. The van der Waals surface area contributed by atoms with Crippen molar-refractivity contribution in [2.24, 2.45) is 0 Å². The van der Waals surface area contributed by atoms with Crippen LogP contribution in [0, 0.1) is 0 Å². The van der Waals surface area contributed by atoms with Crippen molar-refractivity contribution in [2.75, 3.05) is 59.9 Å². The summed E-state index contributed by atoms with van der Waals surface area (Å²) >= 11 is 0. The molecule has 0 fully saturated rings. The fourth-order valence-corrected chi connectivity index (χ4v) is 2.52. The van der Waals surface area contributed by atoms with E-state index in [0.29, 0.717) is 39.6 Å². The number of hydrogen-bond donors (Lipinski definition) is 1. The highest BCUT2D eigenvalue weighted by molar-refractivity contribution is 5.72. The summed E-state index contributed by atoms with van der Waals surface area (Å²) in [6, 6.07) is 0. The lowest BCUT2D eigenvalue weighted by Gasteiger charge is -2.07. The molecule has 0 radical (unpaired) electrons. The number of methoxy groups -OCH3 is 1. The van der Waals surface area contributed by atoms with E-state index in [1.807, 2.05) is 0 Å². The average molecular weight is 376 g/mol.